The Labute approximate surface area is 312 Å². The number of Topliss-reactive ketones (excluding diaryl/α,β-unsaturated/α-hetero) is 1. The van der Waals surface area contributed by atoms with E-state index in [9.17, 15) is 4.79 Å². The summed E-state index contributed by atoms with van der Waals surface area (Å²) in [5, 5.41) is 3.81. The maximum Gasteiger partial charge on any atom is 0.261 e. The number of fused-ring (bicyclic) bond motifs is 3. The number of hydrogen-bond acceptors (Lipinski definition) is 5. The molecule has 0 radical (unpaired) electrons. The molecule has 3 aliphatic rings. The molecule has 2 aliphatic carbocycles. The van der Waals surface area contributed by atoms with Crippen LogP contribution in [0.2, 0.25) is 24.2 Å². The lowest BCUT2D eigenvalue weighted by Crippen LogP contribution is -2.66. The summed E-state index contributed by atoms with van der Waals surface area (Å²) in [7, 11) is -2.92. The molecule has 0 spiro atoms. The van der Waals surface area contributed by atoms with E-state index in [1.807, 2.05) is 12.1 Å². The second-order valence-corrected chi connectivity index (χ2v) is 25.7. The third-order valence-electron chi connectivity index (χ3n) is 11.9. The van der Waals surface area contributed by atoms with E-state index in [-0.39, 0.29) is 52.8 Å². The molecular formula is C45H54O5Si2. The highest BCUT2D eigenvalue weighted by atomic mass is 28.4. The van der Waals surface area contributed by atoms with Crippen LogP contribution in [0.3, 0.4) is 0 Å². The third kappa shape index (κ3) is 7.18. The van der Waals surface area contributed by atoms with Crippen molar-refractivity contribution in [1.82, 2.24) is 0 Å². The van der Waals surface area contributed by atoms with Crippen molar-refractivity contribution in [3.05, 3.63) is 133 Å². The second-order valence-electron chi connectivity index (χ2n) is 16.6. The third-order valence-corrected chi connectivity index (χ3v) is 20.3. The Kier molecular flexibility index (Phi) is 10.6. The van der Waals surface area contributed by atoms with Crippen molar-refractivity contribution < 1.29 is 23.4 Å². The molecule has 0 aromatic heterocycles. The van der Waals surface area contributed by atoms with Crippen LogP contribution in [0, 0.1) is 23.7 Å². The second kappa shape index (κ2) is 15.0. The van der Waals surface area contributed by atoms with Crippen molar-refractivity contribution in [1.29, 1.82) is 0 Å². The quantitative estimate of drug-likeness (QED) is 0.0809. The van der Waals surface area contributed by atoms with Crippen molar-refractivity contribution in [2.75, 3.05) is 13.7 Å². The fourth-order valence-corrected chi connectivity index (χ4v) is 16.7. The van der Waals surface area contributed by atoms with Gasteiger partial charge in [0.05, 0.1) is 46.0 Å². The number of hydrogen-bond donors (Lipinski definition) is 0. The Balaban J connectivity index is 1.16. The number of ether oxygens (including phenoxy) is 3. The van der Waals surface area contributed by atoms with Gasteiger partial charge in [-0.15, -0.1) is 0 Å². The average Bonchev–Trinajstić information content (AvgIpc) is 3.96. The summed E-state index contributed by atoms with van der Waals surface area (Å²) in [4.78, 5) is 14.9. The molecule has 1 heterocycles. The zero-order valence-electron chi connectivity index (χ0n) is 31.5. The standard InChI is InChI=1S/C45H54O5Si2/c1-45(2,3)52(36-18-12-8-13-19-36,37-20-14-9-15-21-37)49-29-28-33-24-27-38-40(41(33)46)42(48-30-32-22-25-34(47-4)26-23-32)39(44-43(38)50-44)31-51(5,6)35-16-10-7-11-17-35/h7-27,33,38-40,42-44H,28-31H2,1-6H3/t33-,38-,39-,40-,42-,43+,44-/m1/s1. The lowest BCUT2D eigenvalue weighted by molar-refractivity contribution is -0.139. The summed E-state index contributed by atoms with van der Waals surface area (Å²) < 4.78 is 26.1. The van der Waals surface area contributed by atoms with Gasteiger partial charge in [-0.05, 0) is 45.6 Å². The molecule has 7 rings (SSSR count). The van der Waals surface area contributed by atoms with E-state index in [1.165, 1.54) is 15.6 Å². The minimum absolute atomic E-state index is 0.0324. The fourth-order valence-electron chi connectivity index (χ4n) is 9.16. The average molecular weight is 731 g/mol. The van der Waals surface area contributed by atoms with Crippen LogP contribution in [0.1, 0.15) is 32.8 Å². The smallest absolute Gasteiger partial charge is 0.261 e. The number of rotatable bonds is 13. The van der Waals surface area contributed by atoms with Gasteiger partial charge in [0.15, 0.2) is 0 Å². The zero-order chi connectivity index (χ0) is 36.5. The molecule has 4 aromatic carbocycles. The Hall–Kier alpha value is -3.60. The zero-order valence-corrected chi connectivity index (χ0v) is 33.5. The predicted molar refractivity (Wildman–Crippen MR) is 215 cm³/mol. The van der Waals surface area contributed by atoms with Crippen LogP contribution in [0.25, 0.3) is 0 Å². The van der Waals surface area contributed by atoms with Gasteiger partial charge >= 0.3 is 0 Å². The van der Waals surface area contributed by atoms with Gasteiger partial charge < -0.3 is 18.6 Å². The Morgan fingerprint density at radius 3 is 1.87 bits per heavy atom. The maximum atomic E-state index is 14.9. The van der Waals surface area contributed by atoms with E-state index in [0.29, 0.717) is 19.6 Å². The number of epoxide rings is 1. The first-order valence-electron chi connectivity index (χ1n) is 19.0. The monoisotopic (exact) mass is 730 g/mol. The first kappa shape index (κ1) is 36.7. The highest BCUT2D eigenvalue weighted by molar-refractivity contribution is 6.99. The molecule has 52 heavy (non-hydrogen) atoms. The van der Waals surface area contributed by atoms with Crippen LogP contribution in [0.4, 0.5) is 0 Å². The van der Waals surface area contributed by atoms with E-state index >= 15 is 0 Å². The minimum atomic E-state index is -2.72. The normalized spacial score (nSPS) is 25.7. The number of ketones is 1. The fraction of sp³-hybridized carbons (Fsp3) is 0.400. The van der Waals surface area contributed by atoms with Gasteiger partial charge in [0.2, 0.25) is 0 Å². The summed E-state index contributed by atoms with van der Waals surface area (Å²) in [5.41, 5.74) is 1.07. The molecule has 7 heteroatoms. The molecule has 1 aliphatic heterocycles. The number of allylic oxidation sites excluding steroid dienone is 1. The first-order valence-corrected chi connectivity index (χ1v) is 24.1. The Morgan fingerprint density at radius 1 is 0.731 bits per heavy atom. The van der Waals surface area contributed by atoms with E-state index < -0.39 is 16.4 Å². The topological polar surface area (TPSA) is 57.3 Å². The van der Waals surface area contributed by atoms with E-state index in [0.717, 1.165) is 17.4 Å². The van der Waals surface area contributed by atoms with Gasteiger partial charge in [0.25, 0.3) is 8.32 Å². The number of benzene rings is 4. The molecule has 272 valence electrons. The molecule has 5 nitrogen and oxygen atoms in total. The first-order chi connectivity index (χ1) is 25.0. The molecule has 1 saturated carbocycles. The van der Waals surface area contributed by atoms with Gasteiger partial charge in [-0.1, -0.05) is 154 Å². The summed E-state index contributed by atoms with van der Waals surface area (Å²) in [6.07, 6.45) is 5.03. The summed E-state index contributed by atoms with van der Waals surface area (Å²) in [5.74, 6) is 0.787. The van der Waals surface area contributed by atoms with Crippen molar-refractivity contribution in [2.45, 2.75) is 76.3 Å². The maximum absolute atomic E-state index is 14.9. The summed E-state index contributed by atoms with van der Waals surface area (Å²) >= 11 is 0. The molecule has 0 bridgehead atoms. The number of carbonyl (C=O) groups is 1. The van der Waals surface area contributed by atoms with Gasteiger partial charge in [-0.3, -0.25) is 4.79 Å². The van der Waals surface area contributed by atoms with Crippen molar-refractivity contribution >= 4 is 37.7 Å². The highest BCUT2D eigenvalue weighted by Gasteiger charge is 2.63. The Morgan fingerprint density at radius 2 is 1.31 bits per heavy atom. The SMILES string of the molecule is COc1ccc(CO[C@@H]2[C@@H](C[Si](C)(C)c3ccccc3)[C@H]3O[C@H]3[C@@H]3C=C[C@H](CCO[Si](c4ccccc4)(c4ccccc4)C(C)(C)C)C(=O)[C@@H]32)cc1. The molecule has 0 unspecified atom stereocenters. The molecule has 0 amide bonds. The predicted octanol–water partition coefficient (Wildman–Crippen LogP) is 7.55. The largest absolute Gasteiger partial charge is 0.497 e. The van der Waals surface area contributed by atoms with Crippen molar-refractivity contribution in [3.8, 4) is 5.75 Å². The van der Waals surface area contributed by atoms with Crippen LogP contribution in [0.15, 0.2) is 127 Å². The molecule has 1 saturated heterocycles. The van der Waals surface area contributed by atoms with Crippen molar-refractivity contribution in [2.24, 2.45) is 23.7 Å². The summed E-state index contributed by atoms with van der Waals surface area (Å²) in [6, 6.07) is 41.5. The van der Waals surface area contributed by atoms with Crippen molar-refractivity contribution in [3.63, 3.8) is 0 Å². The van der Waals surface area contributed by atoms with Gasteiger partial charge in [-0.2, -0.15) is 0 Å². The van der Waals surface area contributed by atoms with Gasteiger partial charge in [0.1, 0.15) is 11.5 Å². The highest BCUT2D eigenvalue weighted by Crippen LogP contribution is 2.54. The lowest BCUT2D eigenvalue weighted by Gasteiger charge is -2.44. The Bertz CT molecular complexity index is 1780. The van der Waals surface area contributed by atoms with E-state index in [4.69, 9.17) is 18.6 Å². The number of methoxy groups -OCH3 is 1. The van der Waals surface area contributed by atoms with E-state index in [1.54, 1.807) is 7.11 Å². The molecule has 4 aromatic rings. The molecule has 0 N–H and O–H groups in total. The van der Waals surface area contributed by atoms with Crippen LogP contribution < -0.4 is 20.3 Å². The van der Waals surface area contributed by atoms with Crippen LogP contribution in [0.5, 0.6) is 5.75 Å². The summed E-state index contributed by atoms with van der Waals surface area (Å²) in [6.45, 7) is 12.7. The minimum Gasteiger partial charge on any atom is -0.497 e. The number of carbonyl (C=O) groups excluding carboxylic acids is 1. The molecule has 2 fully saturated rings. The van der Waals surface area contributed by atoms with Crippen LogP contribution in [-0.2, 0) is 25.3 Å². The van der Waals surface area contributed by atoms with Crippen LogP contribution in [-0.4, -0.2) is 54.2 Å². The van der Waals surface area contributed by atoms with E-state index in [2.05, 4.69) is 149 Å². The lowest BCUT2D eigenvalue weighted by atomic mass is 9.65. The van der Waals surface area contributed by atoms with Gasteiger partial charge in [0, 0.05) is 24.4 Å². The molecular weight excluding hydrogens is 677 g/mol. The molecule has 7 atom stereocenters. The van der Waals surface area contributed by atoms with Crippen LogP contribution >= 0.6 is 0 Å². The van der Waals surface area contributed by atoms with Gasteiger partial charge in [-0.25, -0.2) is 0 Å².